The molecular formula is C15H10ClFN4O2. The highest BCUT2D eigenvalue weighted by Gasteiger charge is 2.22. The van der Waals surface area contributed by atoms with Crippen molar-refractivity contribution in [2.24, 2.45) is 5.73 Å². The normalized spacial score (nSPS) is 10.5. The fourth-order valence-corrected chi connectivity index (χ4v) is 2.15. The van der Waals surface area contributed by atoms with E-state index < -0.39 is 11.7 Å². The van der Waals surface area contributed by atoms with Crippen LogP contribution in [-0.4, -0.2) is 21.3 Å². The molecule has 1 amide bonds. The van der Waals surface area contributed by atoms with E-state index >= 15 is 0 Å². The van der Waals surface area contributed by atoms with E-state index in [1.807, 2.05) is 0 Å². The summed E-state index contributed by atoms with van der Waals surface area (Å²) < 4.78 is 20.0. The molecule has 0 atom stereocenters. The Bertz CT molecular complexity index is 864. The lowest BCUT2D eigenvalue weighted by Crippen LogP contribution is -2.13. The molecule has 3 aromatic rings. The van der Waals surface area contributed by atoms with E-state index in [1.165, 1.54) is 12.1 Å². The number of carbonyl (C=O) groups excluding carboxylic acids is 1. The molecule has 6 nitrogen and oxygen atoms in total. The highest BCUT2D eigenvalue weighted by molar-refractivity contribution is 6.30. The largest absolute Gasteiger partial charge is 0.457 e. The zero-order chi connectivity index (χ0) is 16.4. The number of halogens is 2. The van der Waals surface area contributed by atoms with Gasteiger partial charge in [0.25, 0.3) is 5.91 Å². The summed E-state index contributed by atoms with van der Waals surface area (Å²) in [5.41, 5.74) is 5.03. The summed E-state index contributed by atoms with van der Waals surface area (Å²) in [6.07, 6.45) is 0. The van der Waals surface area contributed by atoms with Crippen LogP contribution in [0.15, 0.2) is 42.5 Å². The van der Waals surface area contributed by atoms with Crippen molar-refractivity contribution in [3.8, 4) is 22.8 Å². The molecule has 0 fully saturated rings. The van der Waals surface area contributed by atoms with Crippen molar-refractivity contribution in [3.63, 3.8) is 0 Å². The molecule has 3 N–H and O–H groups in total. The van der Waals surface area contributed by atoms with E-state index in [4.69, 9.17) is 22.1 Å². The molecule has 0 aliphatic heterocycles. The number of nitrogens with two attached hydrogens (primary N) is 1. The van der Waals surface area contributed by atoms with Crippen molar-refractivity contribution in [1.82, 2.24) is 15.4 Å². The molecule has 1 aromatic heterocycles. The van der Waals surface area contributed by atoms with Crippen LogP contribution in [0, 0.1) is 5.82 Å². The van der Waals surface area contributed by atoms with Crippen LogP contribution in [0.2, 0.25) is 5.02 Å². The number of carbonyl (C=O) groups is 1. The zero-order valence-electron chi connectivity index (χ0n) is 11.6. The third-order valence-electron chi connectivity index (χ3n) is 3.03. The Morgan fingerprint density at radius 1 is 1.17 bits per heavy atom. The second-order valence-corrected chi connectivity index (χ2v) is 4.99. The summed E-state index contributed by atoms with van der Waals surface area (Å²) in [7, 11) is 0. The molecule has 0 saturated carbocycles. The monoisotopic (exact) mass is 332 g/mol. The minimum Gasteiger partial charge on any atom is -0.457 e. The van der Waals surface area contributed by atoms with Crippen LogP contribution in [0.5, 0.6) is 11.5 Å². The molecule has 0 saturated heterocycles. The first-order valence-electron chi connectivity index (χ1n) is 6.49. The lowest BCUT2D eigenvalue weighted by atomic mass is 10.1. The van der Waals surface area contributed by atoms with E-state index in [-0.39, 0.29) is 22.7 Å². The SMILES string of the molecule is NC(=O)c1n[nH]nc1-c1c(F)cccc1Oc1ccc(Cl)cc1. The number of hydrogen-bond acceptors (Lipinski definition) is 4. The van der Waals surface area contributed by atoms with Gasteiger partial charge in [0.1, 0.15) is 23.0 Å². The molecule has 0 radical (unpaired) electrons. The lowest BCUT2D eigenvalue weighted by molar-refractivity contribution is 0.0996. The fraction of sp³-hybridized carbons (Fsp3) is 0. The Morgan fingerprint density at radius 3 is 2.61 bits per heavy atom. The molecule has 23 heavy (non-hydrogen) atoms. The summed E-state index contributed by atoms with van der Waals surface area (Å²) in [5.74, 6) is -0.823. The highest BCUT2D eigenvalue weighted by atomic mass is 35.5. The van der Waals surface area contributed by atoms with Crippen LogP contribution in [0.3, 0.4) is 0 Å². The topological polar surface area (TPSA) is 93.9 Å². The first kappa shape index (κ1) is 15.0. The first-order valence-corrected chi connectivity index (χ1v) is 6.87. The van der Waals surface area contributed by atoms with Crippen molar-refractivity contribution >= 4 is 17.5 Å². The van der Waals surface area contributed by atoms with Gasteiger partial charge in [0.05, 0.1) is 5.56 Å². The Kier molecular flexibility index (Phi) is 3.94. The first-order chi connectivity index (χ1) is 11.1. The minimum atomic E-state index is -0.825. The number of amides is 1. The molecule has 2 aromatic carbocycles. The third kappa shape index (κ3) is 3.00. The molecule has 0 aliphatic rings. The second kappa shape index (κ2) is 6.05. The van der Waals surface area contributed by atoms with Gasteiger partial charge in [-0.25, -0.2) is 4.39 Å². The fourth-order valence-electron chi connectivity index (χ4n) is 2.03. The Labute approximate surface area is 135 Å². The van der Waals surface area contributed by atoms with Gasteiger partial charge in [0.2, 0.25) is 0 Å². The van der Waals surface area contributed by atoms with Crippen molar-refractivity contribution in [2.45, 2.75) is 0 Å². The zero-order valence-corrected chi connectivity index (χ0v) is 12.3. The molecule has 1 heterocycles. The van der Waals surface area contributed by atoms with Crippen LogP contribution < -0.4 is 10.5 Å². The van der Waals surface area contributed by atoms with Gasteiger partial charge in [0.15, 0.2) is 5.69 Å². The summed E-state index contributed by atoms with van der Waals surface area (Å²) in [6.45, 7) is 0. The number of ether oxygens (including phenoxy) is 1. The predicted octanol–water partition coefficient (Wildman–Crippen LogP) is 3.16. The molecule has 0 aliphatic carbocycles. The quantitative estimate of drug-likeness (QED) is 0.767. The van der Waals surface area contributed by atoms with Crippen molar-refractivity contribution in [1.29, 1.82) is 0 Å². The van der Waals surface area contributed by atoms with E-state index in [9.17, 15) is 9.18 Å². The van der Waals surface area contributed by atoms with Gasteiger partial charge in [-0.05, 0) is 36.4 Å². The molecule has 116 valence electrons. The smallest absolute Gasteiger partial charge is 0.271 e. The van der Waals surface area contributed by atoms with E-state index in [2.05, 4.69) is 15.4 Å². The number of H-pyrrole nitrogens is 1. The third-order valence-corrected chi connectivity index (χ3v) is 3.29. The van der Waals surface area contributed by atoms with Crippen LogP contribution >= 0.6 is 11.6 Å². The number of nitrogens with zero attached hydrogens (tertiary/aromatic N) is 2. The van der Waals surface area contributed by atoms with Gasteiger partial charge >= 0.3 is 0 Å². The van der Waals surface area contributed by atoms with Gasteiger partial charge in [0, 0.05) is 5.02 Å². The summed E-state index contributed by atoms with van der Waals surface area (Å²) in [6, 6.07) is 10.8. The Hall–Kier alpha value is -2.93. The second-order valence-electron chi connectivity index (χ2n) is 4.55. The molecule has 8 heteroatoms. The number of rotatable bonds is 4. The van der Waals surface area contributed by atoms with Crippen molar-refractivity contribution < 1.29 is 13.9 Å². The Morgan fingerprint density at radius 2 is 1.91 bits per heavy atom. The Balaban J connectivity index is 2.08. The number of aromatic nitrogens is 3. The summed E-state index contributed by atoms with van der Waals surface area (Å²) in [5, 5.41) is 10.3. The van der Waals surface area contributed by atoms with Crippen molar-refractivity contribution in [2.75, 3.05) is 0 Å². The lowest BCUT2D eigenvalue weighted by Gasteiger charge is -2.11. The maximum atomic E-state index is 14.3. The van der Waals surface area contributed by atoms with Gasteiger partial charge in [-0.1, -0.05) is 17.7 Å². The highest BCUT2D eigenvalue weighted by Crippen LogP contribution is 2.35. The summed E-state index contributed by atoms with van der Waals surface area (Å²) >= 11 is 5.82. The number of hydrogen-bond donors (Lipinski definition) is 2. The predicted molar refractivity (Wildman–Crippen MR) is 81.8 cm³/mol. The van der Waals surface area contributed by atoms with E-state index in [0.29, 0.717) is 10.8 Å². The van der Waals surface area contributed by atoms with Crippen LogP contribution in [0.25, 0.3) is 11.3 Å². The van der Waals surface area contributed by atoms with Gasteiger partial charge in [-0.15, -0.1) is 0 Å². The van der Waals surface area contributed by atoms with E-state index in [0.717, 1.165) is 0 Å². The van der Waals surface area contributed by atoms with Crippen LogP contribution in [0.4, 0.5) is 4.39 Å². The molecule has 0 bridgehead atoms. The molecular weight excluding hydrogens is 323 g/mol. The van der Waals surface area contributed by atoms with Gasteiger partial charge in [-0.2, -0.15) is 15.4 Å². The number of primary amides is 1. The summed E-state index contributed by atoms with van der Waals surface area (Å²) in [4.78, 5) is 11.4. The number of aromatic amines is 1. The average Bonchev–Trinajstić information content (AvgIpc) is 2.99. The van der Waals surface area contributed by atoms with E-state index in [1.54, 1.807) is 30.3 Å². The van der Waals surface area contributed by atoms with Crippen LogP contribution in [0.1, 0.15) is 10.5 Å². The molecule has 3 rings (SSSR count). The maximum Gasteiger partial charge on any atom is 0.271 e. The maximum absolute atomic E-state index is 14.3. The van der Waals surface area contributed by atoms with Gasteiger partial charge in [-0.3, -0.25) is 4.79 Å². The number of benzene rings is 2. The van der Waals surface area contributed by atoms with Crippen molar-refractivity contribution in [3.05, 3.63) is 59.0 Å². The molecule has 0 spiro atoms. The van der Waals surface area contributed by atoms with Crippen LogP contribution in [-0.2, 0) is 0 Å². The minimum absolute atomic E-state index is 0.00926. The number of nitrogens with one attached hydrogen (secondary N) is 1. The average molecular weight is 333 g/mol. The molecule has 0 unspecified atom stereocenters. The van der Waals surface area contributed by atoms with Gasteiger partial charge < -0.3 is 10.5 Å². The standard InChI is InChI=1S/C15H10ClFN4O2/c16-8-4-6-9(7-5-8)23-11-3-1-2-10(17)12(11)13-14(15(18)22)20-21-19-13/h1-7H,(H2,18,22)(H,19,20,21).